The molecule has 0 aromatic heterocycles. The van der Waals surface area contributed by atoms with Gasteiger partial charge in [0.1, 0.15) is 5.82 Å². The number of likely N-dealkylation sites (tertiary alicyclic amines) is 1. The van der Waals surface area contributed by atoms with E-state index in [1.54, 1.807) is 12.1 Å². The predicted octanol–water partition coefficient (Wildman–Crippen LogP) is 3.09. The first-order valence-corrected chi connectivity index (χ1v) is 6.21. The molecule has 1 heterocycles. The average molecular weight is 235 g/mol. The van der Waals surface area contributed by atoms with Gasteiger partial charge in [-0.15, -0.1) is 0 Å². The maximum absolute atomic E-state index is 13.1. The molecule has 1 fully saturated rings. The van der Waals surface area contributed by atoms with E-state index in [0.717, 1.165) is 25.9 Å². The van der Waals surface area contributed by atoms with E-state index in [9.17, 15) is 9.18 Å². The second kappa shape index (κ2) is 5.30. The molecule has 0 saturated carbocycles. The highest BCUT2D eigenvalue weighted by molar-refractivity contribution is 5.94. The zero-order valence-corrected chi connectivity index (χ0v) is 10.2. The summed E-state index contributed by atoms with van der Waals surface area (Å²) in [7, 11) is 0. The number of benzene rings is 1. The Balaban J connectivity index is 2.09. The van der Waals surface area contributed by atoms with Gasteiger partial charge in [-0.2, -0.15) is 0 Å². The summed E-state index contributed by atoms with van der Waals surface area (Å²) in [6.07, 6.45) is 3.26. The molecule has 1 amide bonds. The fourth-order valence-corrected chi connectivity index (χ4v) is 2.27. The maximum atomic E-state index is 13.1. The zero-order chi connectivity index (χ0) is 12.3. The first-order chi connectivity index (χ1) is 8.16. The van der Waals surface area contributed by atoms with Crippen molar-refractivity contribution < 1.29 is 9.18 Å². The van der Waals surface area contributed by atoms with Gasteiger partial charge in [-0.3, -0.25) is 4.79 Å². The molecule has 1 atom stereocenters. The van der Waals surface area contributed by atoms with Crippen LogP contribution in [0.2, 0.25) is 0 Å². The Hall–Kier alpha value is -1.38. The van der Waals surface area contributed by atoms with Crippen LogP contribution in [0.4, 0.5) is 4.39 Å². The number of carbonyl (C=O) groups excluding carboxylic acids is 1. The minimum absolute atomic E-state index is 0.0430. The van der Waals surface area contributed by atoms with Crippen molar-refractivity contribution in [2.75, 3.05) is 13.1 Å². The lowest BCUT2D eigenvalue weighted by atomic mass is 10.0. The Labute approximate surface area is 101 Å². The van der Waals surface area contributed by atoms with Gasteiger partial charge in [0.25, 0.3) is 5.91 Å². The van der Waals surface area contributed by atoms with E-state index in [1.807, 2.05) is 4.90 Å². The topological polar surface area (TPSA) is 20.3 Å². The lowest BCUT2D eigenvalue weighted by molar-refractivity contribution is 0.0760. The third-order valence-corrected chi connectivity index (χ3v) is 3.38. The summed E-state index contributed by atoms with van der Waals surface area (Å²) in [6.45, 7) is 3.80. The molecule has 0 N–H and O–H groups in total. The number of hydrogen-bond donors (Lipinski definition) is 0. The maximum Gasteiger partial charge on any atom is 0.253 e. The first-order valence-electron chi connectivity index (χ1n) is 6.21. The summed E-state index contributed by atoms with van der Waals surface area (Å²) in [4.78, 5) is 14.0. The van der Waals surface area contributed by atoms with Crippen LogP contribution in [0.5, 0.6) is 0 Å². The van der Waals surface area contributed by atoms with Crippen molar-refractivity contribution in [2.45, 2.75) is 26.2 Å². The summed E-state index contributed by atoms with van der Waals surface area (Å²) >= 11 is 0. The molecule has 0 bridgehead atoms. The minimum Gasteiger partial charge on any atom is -0.339 e. The van der Waals surface area contributed by atoms with Gasteiger partial charge in [-0.1, -0.05) is 13.0 Å². The van der Waals surface area contributed by atoms with Crippen LogP contribution in [0.1, 0.15) is 36.5 Å². The quantitative estimate of drug-likeness (QED) is 0.732. The molecule has 0 radical (unpaired) electrons. The Morgan fingerprint density at radius 3 is 2.94 bits per heavy atom. The van der Waals surface area contributed by atoms with E-state index >= 15 is 0 Å². The first kappa shape index (κ1) is 12.1. The standard InChI is InChI=1S/C14H18FNO/c1-11-4-3-8-16(9-7-11)14(17)12-5-2-6-13(15)10-12/h2,5-6,10-11H,3-4,7-9H2,1H3. The van der Waals surface area contributed by atoms with Gasteiger partial charge in [0.2, 0.25) is 0 Å². The molecule has 92 valence electrons. The highest BCUT2D eigenvalue weighted by atomic mass is 19.1. The summed E-state index contributed by atoms with van der Waals surface area (Å²) in [5.41, 5.74) is 0.458. The van der Waals surface area contributed by atoms with Crippen molar-refractivity contribution in [1.29, 1.82) is 0 Å². The van der Waals surface area contributed by atoms with Crippen LogP contribution in [-0.2, 0) is 0 Å². The monoisotopic (exact) mass is 235 g/mol. The van der Waals surface area contributed by atoms with Crippen molar-refractivity contribution in [1.82, 2.24) is 4.90 Å². The summed E-state index contributed by atoms with van der Waals surface area (Å²) in [5.74, 6) is 0.290. The molecule has 1 aliphatic heterocycles. The fraction of sp³-hybridized carbons (Fsp3) is 0.500. The third kappa shape index (κ3) is 3.05. The number of halogens is 1. The fourth-order valence-electron chi connectivity index (χ4n) is 2.27. The molecular weight excluding hydrogens is 217 g/mol. The molecule has 3 heteroatoms. The molecule has 1 aromatic carbocycles. The van der Waals surface area contributed by atoms with Gasteiger partial charge in [-0.05, 0) is 43.4 Å². The van der Waals surface area contributed by atoms with Crippen LogP contribution in [-0.4, -0.2) is 23.9 Å². The number of carbonyl (C=O) groups is 1. The van der Waals surface area contributed by atoms with Crippen LogP contribution in [0.3, 0.4) is 0 Å². The molecule has 1 aromatic rings. The van der Waals surface area contributed by atoms with Crippen molar-refractivity contribution in [3.05, 3.63) is 35.6 Å². The highest BCUT2D eigenvalue weighted by Crippen LogP contribution is 2.18. The SMILES string of the molecule is CC1CCCN(C(=O)c2cccc(F)c2)CC1. The van der Waals surface area contributed by atoms with Crippen molar-refractivity contribution >= 4 is 5.91 Å². The normalized spacial score (nSPS) is 21.1. The predicted molar refractivity (Wildman–Crippen MR) is 65.3 cm³/mol. The summed E-state index contributed by atoms with van der Waals surface area (Å²) < 4.78 is 13.1. The molecule has 0 spiro atoms. The van der Waals surface area contributed by atoms with Crippen molar-refractivity contribution in [3.8, 4) is 0 Å². The molecule has 1 unspecified atom stereocenters. The lowest BCUT2D eigenvalue weighted by Crippen LogP contribution is -2.32. The molecule has 1 saturated heterocycles. The second-order valence-electron chi connectivity index (χ2n) is 4.84. The molecule has 2 nitrogen and oxygen atoms in total. The van der Waals surface area contributed by atoms with E-state index in [4.69, 9.17) is 0 Å². The van der Waals surface area contributed by atoms with E-state index in [1.165, 1.54) is 18.6 Å². The average Bonchev–Trinajstić information content (AvgIpc) is 2.53. The van der Waals surface area contributed by atoms with E-state index in [-0.39, 0.29) is 11.7 Å². The van der Waals surface area contributed by atoms with Crippen molar-refractivity contribution in [3.63, 3.8) is 0 Å². The lowest BCUT2D eigenvalue weighted by Gasteiger charge is -2.20. The van der Waals surface area contributed by atoms with E-state index in [2.05, 4.69) is 6.92 Å². The van der Waals surface area contributed by atoms with Gasteiger partial charge in [0, 0.05) is 18.7 Å². The highest BCUT2D eigenvalue weighted by Gasteiger charge is 2.19. The number of nitrogens with zero attached hydrogens (tertiary/aromatic N) is 1. The van der Waals surface area contributed by atoms with Crippen molar-refractivity contribution in [2.24, 2.45) is 5.92 Å². The molecule has 0 aliphatic carbocycles. The Kier molecular flexibility index (Phi) is 3.77. The van der Waals surface area contributed by atoms with Crippen LogP contribution in [0.25, 0.3) is 0 Å². The van der Waals surface area contributed by atoms with Gasteiger partial charge in [0.15, 0.2) is 0 Å². The third-order valence-electron chi connectivity index (χ3n) is 3.38. The van der Waals surface area contributed by atoms with Gasteiger partial charge in [0.05, 0.1) is 0 Å². The summed E-state index contributed by atoms with van der Waals surface area (Å²) in [5, 5.41) is 0. The van der Waals surface area contributed by atoms with Crippen LogP contribution >= 0.6 is 0 Å². The molecule has 17 heavy (non-hydrogen) atoms. The molecule has 2 rings (SSSR count). The summed E-state index contributed by atoms with van der Waals surface area (Å²) in [6, 6.07) is 5.95. The van der Waals surface area contributed by atoms with Crippen LogP contribution < -0.4 is 0 Å². The smallest absolute Gasteiger partial charge is 0.253 e. The second-order valence-corrected chi connectivity index (χ2v) is 4.84. The van der Waals surface area contributed by atoms with Gasteiger partial charge < -0.3 is 4.90 Å². The van der Waals surface area contributed by atoms with Crippen LogP contribution in [0, 0.1) is 11.7 Å². The minimum atomic E-state index is -0.348. The van der Waals surface area contributed by atoms with E-state index < -0.39 is 0 Å². The van der Waals surface area contributed by atoms with Gasteiger partial charge >= 0.3 is 0 Å². The zero-order valence-electron chi connectivity index (χ0n) is 10.2. The Morgan fingerprint density at radius 1 is 1.35 bits per heavy atom. The van der Waals surface area contributed by atoms with Crippen LogP contribution in [0.15, 0.2) is 24.3 Å². The largest absolute Gasteiger partial charge is 0.339 e. The number of amides is 1. The molecule has 1 aliphatic rings. The Morgan fingerprint density at radius 2 is 2.18 bits per heavy atom. The number of hydrogen-bond acceptors (Lipinski definition) is 1. The number of rotatable bonds is 1. The Bertz CT molecular complexity index is 405. The van der Waals surface area contributed by atoms with E-state index in [0.29, 0.717) is 11.5 Å². The van der Waals surface area contributed by atoms with Gasteiger partial charge in [-0.25, -0.2) is 4.39 Å². The molecular formula is C14H18FNO.